The molecule has 0 saturated heterocycles. The summed E-state index contributed by atoms with van der Waals surface area (Å²) in [5, 5.41) is 2.99. The molecule has 0 aliphatic carbocycles. The van der Waals surface area contributed by atoms with Crippen molar-refractivity contribution in [3.05, 3.63) is 76.9 Å². The molecule has 108 valence electrons. The first-order valence-corrected chi connectivity index (χ1v) is 7.17. The van der Waals surface area contributed by atoms with E-state index < -0.39 is 0 Å². The largest absolute Gasteiger partial charge is 0.346 e. The summed E-state index contributed by atoms with van der Waals surface area (Å²) in [7, 11) is 0. The van der Waals surface area contributed by atoms with Crippen LogP contribution in [0.15, 0.2) is 54.6 Å². The van der Waals surface area contributed by atoms with Gasteiger partial charge in [-0.15, -0.1) is 0 Å². The summed E-state index contributed by atoms with van der Waals surface area (Å²) in [6, 6.07) is 16.1. The predicted molar refractivity (Wildman–Crippen MR) is 87.9 cm³/mol. The summed E-state index contributed by atoms with van der Waals surface area (Å²) in [6.07, 6.45) is 3.40. The molecule has 1 amide bonds. The lowest BCUT2D eigenvalue weighted by molar-refractivity contribution is -0.117. The van der Waals surface area contributed by atoms with Crippen LogP contribution in [0.2, 0.25) is 0 Å². The number of carbonyl (C=O) groups is 1. The van der Waals surface area contributed by atoms with Crippen LogP contribution in [0.5, 0.6) is 0 Å². The van der Waals surface area contributed by atoms with Gasteiger partial charge in [-0.2, -0.15) is 0 Å². The molecule has 2 rings (SSSR count). The molecule has 0 unspecified atom stereocenters. The lowest BCUT2D eigenvalue weighted by Gasteiger charge is -2.14. The van der Waals surface area contributed by atoms with Crippen molar-refractivity contribution in [1.29, 1.82) is 0 Å². The minimum Gasteiger partial charge on any atom is -0.346 e. The number of hydrogen-bond acceptors (Lipinski definition) is 1. The average Bonchev–Trinajstić information content (AvgIpc) is 2.49. The van der Waals surface area contributed by atoms with Gasteiger partial charge >= 0.3 is 0 Å². The second-order valence-electron chi connectivity index (χ2n) is 5.32. The summed E-state index contributed by atoms with van der Waals surface area (Å²) >= 11 is 0. The molecule has 0 aliphatic rings. The van der Waals surface area contributed by atoms with E-state index in [4.69, 9.17) is 0 Å². The third-order valence-corrected chi connectivity index (χ3v) is 3.62. The Hall–Kier alpha value is -2.35. The maximum absolute atomic E-state index is 12.0. The molecule has 1 N–H and O–H groups in total. The highest BCUT2D eigenvalue weighted by molar-refractivity contribution is 5.91. The maximum atomic E-state index is 12.0. The number of aryl methyl sites for hydroxylation is 2. The lowest BCUT2D eigenvalue weighted by Crippen LogP contribution is -2.24. The Kier molecular flexibility index (Phi) is 4.94. The molecular weight excluding hydrogens is 258 g/mol. The Morgan fingerprint density at radius 1 is 1.05 bits per heavy atom. The third kappa shape index (κ3) is 4.32. The van der Waals surface area contributed by atoms with Gasteiger partial charge in [0.2, 0.25) is 5.91 Å². The predicted octanol–water partition coefficient (Wildman–Crippen LogP) is 4.19. The fraction of sp³-hybridized carbons (Fsp3) is 0.211. The lowest BCUT2D eigenvalue weighted by atomic mass is 10.0. The molecule has 0 bridgehead atoms. The van der Waals surface area contributed by atoms with E-state index in [2.05, 4.69) is 37.4 Å². The zero-order valence-corrected chi connectivity index (χ0v) is 12.8. The van der Waals surface area contributed by atoms with Gasteiger partial charge in [-0.25, -0.2) is 0 Å². The van der Waals surface area contributed by atoms with Crippen molar-refractivity contribution in [2.45, 2.75) is 26.8 Å². The SMILES string of the molecule is Cc1ccc([C@H](C)NC(=O)/C=C/c2ccccc2)cc1C. The van der Waals surface area contributed by atoms with Crippen LogP contribution in [0, 0.1) is 13.8 Å². The number of amides is 1. The third-order valence-electron chi connectivity index (χ3n) is 3.62. The van der Waals surface area contributed by atoms with Crippen LogP contribution in [-0.4, -0.2) is 5.91 Å². The van der Waals surface area contributed by atoms with Gasteiger partial charge < -0.3 is 5.32 Å². The van der Waals surface area contributed by atoms with Crippen LogP contribution in [0.3, 0.4) is 0 Å². The highest BCUT2D eigenvalue weighted by Gasteiger charge is 2.08. The smallest absolute Gasteiger partial charge is 0.244 e. The molecule has 2 heteroatoms. The van der Waals surface area contributed by atoms with Crippen molar-refractivity contribution in [2.24, 2.45) is 0 Å². The second-order valence-corrected chi connectivity index (χ2v) is 5.32. The molecule has 0 radical (unpaired) electrons. The van der Waals surface area contributed by atoms with Gasteiger partial charge in [-0.05, 0) is 49.1 Å². The fourth-order valence-electron chi connectivity index (χ4n) is 2.11. The molecular formula is C19H21NO. The van der Waals surface area contributed by atoms with E-state index in [1.165, 1.54) is 11.1 Å². The minimum atomic E-state index is -0.0791. The summed E-state index contributed by atoms with van der Waals surface area (Å²) in [5.41, 5.74) is 4.65. The van der Waals surface area contributed by atoms with Gasteiger partial charge in [0.25, 0.3) is 0 Å². The van der Waals surface area contributed by atoms with Crippen molar-refractivity contribution in [2.75, 3.05) is 0 Å². The van der Waals surface area contributed by atoms with Crippen molar-refractivity contribution in [1.82, 2.24) is 5.32 Å². The van der Waals surface area contributed by atoms with Crippen LogP contribution in [0.25, 0.3) is 6.08 Å². The van der Waals surface area contributed by atoms with E-state index in [1.54, 1.807) is 6.08 Å². The molecule has 2 nitrogen and oxygen atoms in total. The molecule has 0 spiro atoms. The van der Waals surface area contributed by atoms with E-state index in [-0.39, 0.29) is 11.9 Å². The van der Waals surface area contributed by atoms with Gasteiger partial charge in [-0.3, -0.25) is 4.79 Å². The van der Waals surface area contributed by atoms with Crippen LogP contribution >= 0.6 is 0 Å². The van der Waals surface area contributed by atoms with Crippen molar-refractivity contribution in [3.8, 4) is 0 Å². The van der Waals surface area contributed by atoms with Gasteiger partial charge in [0.15, 0.2) is 0 Å². The molecule has 0 aromatic heterocycles. The van der Waals surface area contributed by atoms with Crippen molar-refractivity contribution < 1.29 is 4.79 Å². The average molecular weight is 279 g/mol. The molecule has 2 aromatic carbocycles. The monoisotopic (exact) mass is 279 g/mol. The fourth-order valence-corrected chi connectivity index (χ4v) is 2.11. The van der Waals surface area contributed by atoms with Gasteiger partial charge in [0, 0.05) is 6.08 Å². The van der Waals surface area contributed by atoms with Gasteiger partial charge in [0.05, 0.1) is 6.04 Å². The number of nitrogens with one attached hydrogen (secondary N) is 1. The Balaban J connectivity index is 1.99. The van der Waals surface area contributed by atoms with Crippen LogP contribution in [0.1, 0.15) is 35.2 Å². The van der Waals surface area contributed by atoms with Gasteiger partial charge in [-0.1, -0.05) is 48.5 Å². The zero-order chi connectivity index (χ0) is 15.2. The van der Waals surface area contributed by atoms with E-state index in [0.29, 0.717) is 0 Å². The quantitative estimate of drug-likeness (QED) is 0.835. The first-order valence-electron chi connectivity index (χ1n) is 7.17. The number of rotatable bonds is 4. The zero-order valence-electron chi connectivity index (χ0n) is 12.8. The Morgan fingerprint density at radius 3 is 2.43 bits per heavy atom. The van der Waals surface area contributed by atoms with Gasteiger partial charge in [0.1, 0.15) is 0 Å². The molecule has 0 heterocycles. The Bertz CT molecular complexity index is 644. The highest BCUT2D eigenvalue weighted by Crippen LogP contribution is 2.16. The molecule has 0 aliphatic heterocycles. The number of hydrogen-bond donors (Lipinski definition) is 1. The van der Waals surface area contributed by atoms with E-state index in [1.807, 2.05) is 43.3 Å². The second kappa shape index (κ2) is 6.89. The molecule has 0 fully saturated rings. The topological polar surface area (TPSA) is 29.1 Å². The highest BCUT2D eigenvalue weighted by atomic mass is 16.1. The van der Waals surface area contributed by atoms with Crippen molar-refractivity contribution >= 4 is 12.0 Å². The number of benzene rings is 2. The van der Waals surface area contributed by atoms with E-state index in [0.717, 1.165) is 11.1 Å². The Labute approximate surface area is 126 Å². The van der Waals surface area contributed by atoms with Crippen molar-refractivity contribution in [3.63, 3.8) is 0 Å². The van der Waals surface area contributed by atoms with Crippen LogP contribution in [0.4, 0.5) is 0 Å². The summed E-state index contributed by atoms with van der Waals surface area (Å²) in [6.45, 7) is 6.17. The number of carbonyl (C=O) groups excluding carboxylic acids is 1. The first kappa shape index (κ1) is 15.0. The van der Waals surface area contributed by atoms with E-state index >= 15 is 0 Å². The van der Waals surface area contributed by atoms with E-state index in [9.17, 15) is 4.79 Å². The standard InChI is InChI=1S/C19H21NO/c1-14-9-11-18(13-15(14)2)16(3)20-19(21)12-10-17-7-5-4-6-8-17/h4-13,16H,1-3H3,(H,20,21)/b12-10+/t16-/m0/s1. The van der Waals surface area contributed by atoms with Crippen LogP contribution in [-0.2, 0) is 4.79 Å². The first-order chi connectivity index (χ1) is 10.1. The van der Waals surface area contributed by atoms with Crippen LogP contribution < -0.4 is 5.32 Å². The summed E-state index contributed by atoms with van der Waals surface area (Å²) < 4.78 is 0. The summed E-state index contributed by atoms with van der Waals surface area (Å²) in [5.74, 6) is -0.0791. The molecule has 2 aromatic rings. The molecule has 21 heavy (non-hydrogen) atoms. The summed E-state index contributed by atoms with van der Waals surface area (Å²) in [4.78, 5) is 12.0. The Morgan fingerprint density at radius 2 is 1.76 bits per heavy atom. The maximum Gasteiger partial charge on any atom is 0.244 e. The molecule has 1 atom stereocenters. The molecule has 0 saturated carbocycles. The normalized spacial score (nSPS) is 12.3. The minimum absolute atomic E-state index is 0.00257.